The molecule has 0 aliphatic rings. The lowest BCUT2D eigenvalue weighted by Gasteiger charge is -2.20. The fourth-order valence-corrected chi connectivity index (χ4v) is 1.78. The largest absolute Gasteiger partial charge is 0.493 e. The van der Waals surface area contributed by atoms with Gasteiger partial charge in [-0.25, -0.2) is 0 Å². The summed E-state index contributed by atoms with van der Waals surface area (Å²) >= 11 is 0. The number of ether oxygens (including phenoxy) is 3. The van der Waals surface area contributed by atoms with Crippen LogP contribution in [0.2, 0.25) is 0 Å². The Balaban J connectivity index is 2.89. The third kappa shape index (κ3) is 5.09. The van der Waals surface area contributed by atoms with Crippen molar-refractivity contribution in [3.63, 3.8) is 0 Å². The molecule has 1 aromatic carbocycles. The highest BCUT2D eigenvalue weighted by molar-refractivity contribution is 5.46. The summed E-state index contributed by atoms with van der Waals surface area (Å²) in [6, 6.07) is 6.36. The normalized spacial score (nSPS) is 12.5. The molecule has 0 amide bonds. The van der Waals surface area contributed by atoms with E-state index in [0.717, 1.165) is 23.6 Å². The molecule has 1 aromatic rings. The van der Waals surface area contributed by atoms with Crippen LogP contribution in [0.25, 0.3) is 0 Å². The molecule has 0 saturated heterocycles. The Labute approximate surface area is 116 Å². The lowest BCUT2D eigenvalue weighted by atomic mass is 10.1. The fraction of sp³-hybridized carbons (Fsp3) is 0.600. The molecular weight excluding hydrogens is 242 g/mol. The van der Waals surface area contributed by atoms with E-state index in [0.29, 0.717) is 12.6 Å². The molecule has 0 fully saturated rings. The van der Waals surface area contributed by atoms with E-state index in [1.165, 1.54) is 0 Å². The van der Waals surface area contributed by atoms with Crippen molar-refractivity contribution >= 4 is 0 Å². The number of methoxy groups -OCH3 is 2. The average Bonchev–Trinajstić information content (AvgIpc) is 2.37. The minimum atomic E-state index is -0.0147. The van der Waals surface area contributed by atoms with Gasteiger partial charge in [0.2, 0.25) is 0 Å². The van der Waals surface area contributed by atoms with Gasteiger partial charge < -0.3 is 19.5 Å². The van der Waals surface area contributed by atoms with Crippen molar-refractivity contribution in [3.8, 4) is 11.5 Å². The number of benzene rings is 1. The molecule has 4 nitrogen and oxygen atoms in total. The first-order valence-electron chi connectivity index (χ1n) is 6.63. The molecule has 1 N–H and O–H groups in total. The fourth-order valence-electron chi connectivity index (χ4n) is 1.78. The average molecular weight is 267 g/mol. The summed E-state index contributed by atoms with van der Waals surface area (Å²) < 4.78 is 16.4. The molecule has 0 bridgehead atoms. The van der Waals surface area contributed by atoms with Crippen molar-refractivity contribution in [1.82, 2.24) is 5.32 Å². The first-order chi connectivity index (χ1) is 9.08. The molecule has 1 unspecified atom stereocenters. The van der Waals surface area contributed by atoms with E-state index >= 15 is 0 Å². The number of rotatable bonds is 8. The topological polar surface area (TPSA) is 39.7 Å². The van der Waals surface area contributed by atoms with Crippen LogP contribution in [-0.4, -0.2) is 33.0 Å². The molecule has 0 aromatic heterocycles. The third-order valence-electron chi connectivity index (χ3n) is 2.70. The zero-order valence-corrected chi connectivity index (χ0v) is 12.5. The van der Waals surface area contributed by atoms with Crippen LogP contribution < -0.4 is 14.8 Å². The summed E-state index contributed by atoms with van der Waals surface area (Å²) in [6.45, 7) is 7.52. The summed E-state index contributed by atoms with van der Waals surface area (Å²) in [6.07, 6.45) is -0.0147. The zero-order chi connectivity index (χ0) is 14.3. The van der Waals surface area contributed by atoms with Crippen molar-refractivity contribution in [3.05, 3.63) is 23.8 Å². The third-order valence-corrected chi connectivity index (χ3v) is 2.70. The van der Waals surface area contributed by atoms with Gasteiger partial charge in [0.1, 0.15) is 6.10 Å². The second-order valence-corrected chi connectivity index (χ2v) is 4.87. The molecule has 19 heavy (non-hydrogen) atoms. The van der Waals surface area contributed by atoms with Crippen LogP contribution in [0.1, 0.15) is 26.3 Å². The summed E-state index contributed by atoms with van der Waals surface area (Å²) in [5, 5.41) is 3.39. The number of hydrogen-bond acceptors (Lipinski definition) is 4. The van der Waals surface area contributed by atoms with Gasteiger partial charge in [-0.2, -0.15) is 0 Å². The lowest BCUT2D eigenvalue weighted by molar-refractivity contribution is 0.0891. The lowest BCUT2D eigenvalue weighted by Crippen LogP contribution is -2.24. The van der Waals surface area contributed by atoms with Crippen LogP contribution in [0.15, 0.2) is 18.2 Å². The predicted molar refractivity (Wildman–Crippen MR) is 76.9 cm³/mol. The van der Waals surface area contributed by atoms with E-state index in [-0.39, 0.29) is 6.10 Å². The molecule has 4 heteroatoms. The Morgan fingerprint density at radius 2 is 1.89 bits per heavy atom. The summed E-state index contributed by atoms with van der Waals surface area (Å²) in [5.74, 6) is 1.55. The Kier molecular flexibility index (Phi) is 6.67. The van der Waals surface area contributed by atoms with Crippen LogP contribution in [0, 0.1) is 0 Å². The molecule has 1 rings (SSSR count). The standard InChI is InChI=1S/C15H25NO3/c1-11(2)16-9-13-7-6-8-14(18-5)15(13)19-12(3)10-17-4/h6-8,11-12,16H,9-10H2,1-5H3. The molecule has 0 aliphatic heterocycles. The van der Waals surface area contributed by atoms with Crippen LogP contribution in [0.5, 0.6) is 11.5 Å². The molecule has 0 saturated carbocycles. The number of nitrogens with one attached hydrogen (secondary N) is 1. The van der Waals surface area contributed by atoms with Gasteiger partial charge >= 0.3 is 0 Å². The molecule has 0 heterocycles. The van der Waals surface area contributed by atoms with E-state index in [1.54, 1.807) is 14.2 Å². The van der Waals surface area contributed by atoms with Crippen molar-refractivity contribution in [2.24, 2.45) is 0 Å². The van der Waals surface area contributed by atoms with Gasteiger partial charge in [0.15, 0.2) is 11.5 Å². The van der Waals surface area contributed by atoms with E-state index in [2.05, 4.69) is 19.2 Å². The number of hydrogen-bond donors (Lipinski definition) is 1. The van der Waals surface area contributed by atoms with Crippen molar-refractivity contribution in [1.29, 1.82) is 0 Å². The Bertz CT molecular complexity index is 380. The SMILES string of the molecule is COCC(C)Oc1c(CNC(C)C)cccc1OC. The second kappa shape index (κ2) is 8.02. The first-order valence-corrected chi connectivity index (χ1v) is 6.63. The maximum Gasteiger partial charge on any atom is 0.166 e. The van der Waals surface area contributed by atoms with Gasteiger partial charge in [-0.15, -0.1) is 0 Å². The Morgan fingerprint density at radius 1 is 1.16 bits per heavy atom. The van der Waals surface area contributed by atoms with E-state index < -0.39 is 0 Å². The van der Waals surface area contributed by atoms with Gasteiger partial charge in [0.25, 0.3) is 0 Å². The van der Waals surface area contributed by atoms with Crippen molar-refractivity contribution < 1.29 is 14.2 Å². The molecule has 1 atom stereocenters. The van der Waals surface area contributed by atoms with E-state index in [9.17, 15) is 0 Å². The highest BCUT2D eigenvalue weighted by Crippen LogP contribution is 2.32. The van der Waals surface area contributed by atoms with Gasteiger partial charge in [0, 0.05) is 25.3 Å². The van der Waals surface area contributed by atoms with Gasteiger partial charge in [-0.1, -0.05) is 26.0 Å². The van der Waals surface area contributed by atoms with E-state index in [4.69, 9.17) is 14.2 Å². The molecule has 0 radical (unpaired) electrons. The van der Waals surface area contributed by atoms with Gasteiger partial charge in [-0.3, -0.25) is 0 Å². The van der Waals surface area contributed by atoms with E-state index in [1.807, 2.05) is 25.1 Å². The monoisotopic (exact) mass is 267 g/mol. The molecule has 0 spiro atoms. The van der Waals surface area contributed by atoms with Crippen LogP contribution in [-0.2, 0) is 11.3 Å². The quantitative estimate of drug-likeness (QED) is 0.786. The van der Waals surface area contributed by atoms with Gasteiger partial charge in [-0.05, 0) is 13.0 Å². The minimum absolute atomic E-state index is 0.0147. The highest BCUT2D eigenvalue weighted by atomic mass is 16.5. The Hall–Kier alpha value is -1.26. The predicted octanol–water partition coefficient (Wildman–Crippen LogP) is 2.61. The molecular formula is C15H25NO3. The van der Waals surface area contributed by atoms with Crippen LogP contribution >= 0.6 is 0 Å². The summed E-state index contributed by atoms with van der Waals surface area (Å²) in [5.41, 5.74) is 1.09. The van der Waals surface area contributed by atoms with Crippen LogP contribution in [0.3, 0.4) is 0 Å². The van der Waals surface area contributed by atoms with Crippen molar-refractivity contribution in [2.45, 2.75) is 39.5 Å². The van der Waals surface area contributed by atoms with Crippen LogP contribution in [0.4, 0.5) is 0 Å². The first kappa shape index (κ1) is 15.8. The second-order valence-electron chi connectivity index (χ2n) is 4.87. The highest BCUT2D eigenvalue weighted by Gasteiger charge is 2.14. The molecule has 108 valence electrons. The van der Waals surface area contributed by atoms with Crippen molar-refractivity contribution in [2.75, 3.05) is 20.8 Å². The minimum Gasteiger partial charge on any atom is -0.493 e. The Morgan fingerprint density at radius 3 is 2.47 bits per heavy atom. The smallest absolute Gasteiger partial charge is 0.166 e. The number of para-hydroxylation sites is 1. The zero-order valence-electron chi connectivity index (χ0n) is 12.5. The maximum absolute atomic E-state index is 5.95. The molecule has 0 aliphatic carbocycles. The maximum atomic E-state index is 5.95. The summed E-state index contributed by atoms with van der Waals surface area (Å²) in [7, 11) is 3.33. The van der Waals surface area contributed by atoms with Gasteiger partial charge in [0.05, 0.1) is 13.7 Å². The summed E-state index contributed by atoms with van der Waals surface area (Å²) in [4.78, 5) is 0.